The van der Waals surface area contributed by atoms with Gasteiger partial charge in [0.1, 0.15) is 16.6 Å². The summed E-state index contributed by atoms with van der Waals surface area (Å²) in [6.07, 6.45) is 4.21. The van der Waals surface area contributed by atoms with Gasteiger partial charge < -0.3 is 15.8 Å². The first-order valence-electron chi connectivity index (χ1n) is 9.79. The third kappa shape index (κ3) is 4.85. The van der Waals surface area contributed by atoms with E-state index in [0.717, 1.165) is 17.7 Å². The fourth-order valence-corrected chi connectivity index (χ4v) is 4.18. The Bertz CT molecular complexity index is 1220. The van der Waals surface area contributed by atoms with E-state index in [1.807, 2.05) is 17.5 Å². The lowest BCUT2D eigenvalue weighted by atomic mass is 10.1. The molecule has 0 radical (unpaired) electrons. The van der Waals surface area contributed by atoms with Crippen molar-refractivity contribution in [1.29, 1.82) is 0 Å². The van der Waals surface area contributed by atoms with Gasteiger partial charge in [-0.15, -0.1) is 11.3 Å². The number of methoxy groups -OCH3 is 1. The number of ether oxygens (including phenoxy) is 1. The van der Waals surface area contributed by atoms with Crippen LogP contribution in [-0.4, -0.2) is 40.2 Å². The second-order valence-electron chi connectivity index (χ2n) is 6.83. The number of anilines is 2. The van der Waals surface area contributed by atoms with E-state index in [9.17, 15) is 4.39 Å². The van der Waals surface area contributed by atoms with Gasteiger partial charge in [0.15, 0.2) is 0 Å². The Morgan fingerprint density at radius 3 is 2.69 bits per heavy atom. The minimum atomic E-state index is -0.508. The van der Waals surface area contributed by atoms with Gasteiger partial charge in [-0.25, -0.2) is 14.4 Å². The van der Waals surface area contributed by atoms with Gasteiger partial charge in [-0.1, -0.05) is 11.6 Å². The van der Waals surface area contributed by atoms with Crippen LogP contribution in [0.4, 0.5) is 16.2 Å². The molecule has 0 saturated carbocycles. The van der Waals surface area contributed by atoms with Gasteiger partial charge in [0.05, 0.1) is 22.0 Å². The van der Waals surface area contributed by atoms with E-state index in [2.05, 4.69) is 20.3 Å². The number of nitrogens with one attached hydrogen (secondary N) is 1. The molecule has 0 aliphatic heterocycles. The number of nitrogen functional groups attached to an aromatic ring is 1. The van der Waals surface area contributed by atoms with Gasteiger partial charge in [0.2, 0.25) is 5.95 Å². The lowest BCUT2D eigenvalue weighted by Crippen LogP contribution is -2.10. The highest BCUT2D eigenvalue weighted by atomic mass is 35.5. The molecule has 0 aliphatic carbocycles. The zero-order valence-corrected chi connectivity index (χ0v) is 18.8. The van der Waals surface area contributed by atoms with Crippen molar-refractivity contribution in [2.24, 2.45) is 0 Å². The van der Waals surface area contributed by atoms with E-state index < -0.39 is 5.82 Å². The summed E-state index contributed by atoms with van der Waals surface area (Å²) in [6.45, 7) is 1.22. The molecule has 3 heterocycles. The molecular weight excluding hydrogens is 451 g/mol. The molecule has 0 aliphatic rings. The molecule has 10 heteroatoms. The molecule has 3 N–H and O–H groups in total. The van der Waals surface area contributed by atoms with Crippen LogP contribution in [0.2, 0.25) is 5.02 Å². The maximum absolute atomic E-state index is 13.8. The first-order valence-corrected chi connectivity index (χ1v) is 11.0. The molecular formula is C22H20ClFN6OS. The Labute approximate surface area is 193 Å². The number of aromatic nitrogens is 4. The Hall–Kier alpha value is -3.14. The molecule has 0 bridgehead atoms. The van der Waals surface area contributed by atoms with Crippen LogP contribution < -0.4 is 11.1 Å². The minimum Gasteiger partial charge on any atom is -0.385 e. The van der Waals surface area contributed by atoms with Crippen LogP contribution in [0, 0.1) is 5.82 Å². The number of hydrogen-bond acceptors (Lipinski definition) is 8. The van der Waals surface area contributed by atoms with Crippen LogP contribution in [0.15, 0.2) is 48.1 Å². The Morgan fingerprint density at radius 2 is 1.94 bits per heavy atom. The van der Waals surface area contributed by atoms with Crippen molar-refractivity contribution in [3.63, 3.8) is 0 Å². The molecule has 164 valence electrons. The SMILES string of the molecule is COCCCNc1nc(N)nc(-c2ccc(F)c(Cl)c2)c1-c1nc(-c2ccncc2)cs1. The fraction of sp³-hybridized carbons (Fsp3) is 0.182. The molecule has 0 amide bonds. The topological polar surface area (TPSA) is 98.8 Å². The predicted octanol–water partition coefficient (Wildman–Crippen LogP) is 5.15. The molecule has 0 spiro atoms. The standard InChI is InChI=1S/C22H20ClFN6OS/c1-31-10-2-7-27-20-18(21-28-17(12-32-21)13-5-8-26-9-6-13)19(29-22(25)30-20)14-3-4-16(24)15(23)11-14/h3-6,8-9,11-12H,2,7,10H2,1H3,(H3,25,27,29,30). The third-order valence-corrected chi connectivity index (χ3v) is 5.78. The lowest BCUT2D eigenvalue weighted by molar-refractivity contribution is 0.198. The summed E-state index contributed by atoms with van der Waals surface area (Å²) in [5.74, 6) is 0.121. The Balaban J connectivity index is 1.84. The van der Waals surface area contributed by atoms with Gasteiger partial charge >= 0.3 is 0 Å². The number of rotatable bonds is 8. The average Bonchev–Trinajstić information content (AvgIpc) is 3.28. The van der Waals surface area contributed by atoms with Gasteiger partial charge in [0.25, 0.3) is 0 Å². The molecule has 0 atom stereocenters. The molecule has 1 aromatic carbocycles. The molecule has 4 rings (SSSR count). The molecule has 0 saturated heterocycles. The quantitative estimate of drug-likeness (QED) is 0.343. The second-order valence-corrected chi connectivity index (χ2v) is 8.10. The maximum Gasteiger partial charge on any atom is 0.222 e. The summed E-state index contributed by atoms with van der Waals surface area (Å²) < 4.78 is 18.9. The highest BCUT2D eigenvalue weighted by Crippen LogP contribution is 2.40. The molecule has 0 fully saturated rings. The van der Waals surface area contributed by atoms with Crippen molar-refractivity contribution >= 4 is 34.7 Å². The minimum absolute atomic E-state index is 0.00292. The predicted molar refractivity (Wildman–Crippen MR) is 126 cm³/mol. The average molecular weight is 471 g/mol. The van der Waals surface area contributed by atoms with E-state index >= 15 is 0 Å². The number of halogens is 2. The fourth-order valence-electron chi connectivity index (χ4n) is 3.13. The first-order chi connectivity index (χ1) is 15.6. The number of hydrogen-bond donors (Lipinski definition) is 2. The van der Waals surface area contributed by atoms with Crippen molar-refractivity contribution in [1.82, 2.24) is 19.9 Å². The van der Waals surface area contributed by atoms with Crippen LogP contribution in [-0.2, 0) is 4.74 Å². The summed E-state index contributed by atoms with van der Waals surface area (Å²) in [5, 5.41) is 5.96. The second kappa shape index (κ2) is 9.99. The largest absolute Gasteiger partial charge is 0.385 e. The number of pyridine rings is 1. The van der Waals surface area contributed by atoms with E-state index in [1.54, 1.807) is 25.6 Å². The summed E-state index contributed by atoms with van der Waals surface area (Å²) in [5.41, 5.74) is 9.57. The van der Waals surface area contributed by atoms with E-state index in [-0.39, 0.29) is 11.0 Å². The molecule has 32 heavy (non-hydrogen) atoms. The first kappa shape index (κ1) is 22.1. The monoisotopic (exact) mass is 470 g/mol. The van der Waals surface area contributed by atoms with Gasteiger partial charge in [0, 0.05) is 49.2 Å². The van der Waals surface area contributed by atoms with E-state index in [1.165, 1.54) is 23.5 Å². The molecule has 3 aromatic heterocycles. The third-order valence-electron chi connectivity index (χ3n) is 4.63. The number of thiazole rings is 1. The van der Waals surface area contributed by atoms with Crippen molar-refractivity contribution < 1.29 is 9.13 Å². The Kier molecular flexibility index (Phi) is 6.89. The van der Waals surface area contributed by atoms with Crippen LogP contribution >= 0.6 is 22.9 Å². The molecule has 4 aromatic rings. The number of nitrogens with two attached hydrogens (primary N) is 1. The zero-order valence-electron chi connectivity index (χ0n) is 17.2. The highest BCUT2D eigenvalue weighted by molar-refractivity contribution is 7.13. The van der Waals surface area contributed by atoms with Crippen molar-refractivity contribution in [3.05, 3.63) is 58.9 Å². The number of nitrogens with zero attached hydrogens (tertiary/aromatic N) is 4. The van der Waals surface area contributed by atoms with Crippen LogP contribution in [0.3, 0.4) is 0 Å². The summed E-state index contributed by atoms with van der Waals surface area (Å²) in [4.78, 5) is 17.7. The summed E-state index contributed by atoms with van der Waals surface area (Å²) >= 11 is 7.50. The normalized spacial score (nSPS) is 11.0. The molecule has 7 nitrogen and oxygen atoms in total. The zero-order chi connectivity index (χ0) is 22.5. The van der Waals surface area contributed by atoms with E-state index in [4.69, 9.17) is 27.1 Å². The van der Waals surface area contributed by atoms with Gasteiger partial charge in [-0.05, 0) is 36.8 Å². The van der Waals surface area contributed by atoms with Crippen LogP contribution in [0.5, 0.6) is 0 Å². The molecule has 0 unspecified atom stereocenters. The van der Waals surface area contributed by atoms with Crippen LogP contribution in [0.25, 0.3) is 33.1 Å². The Morgan fingerprint density at radius 1 is 1.12 bits per heavy atom. The van der Waals surface area contributed by atoms with Crippen LogP contribution in [0.1, 0.15) is 6.42 Å². The lowest BCUT2D eigenvalue weighted by Gasteiger charge is -2.14. The van der Waals surface area contributed by atoms with Crippen molar-refractivity contribution in [3.8, 4) is 33.1 Å². The van der Waals surface area contributed by atoms with Gasteiger partial charge in [-0.3, -0.25) is 4.98 Å². The van der Waals surface area contributed by atoms with Crippen molar-refractivity contribution in [2.75, 3.05) is 31.3 Å². The summed E-state index contributed by atoms with van der Waals surface area (Å²) in [6, 6.07) is 8.22. The van der Waals surface area contributed by atoms with Crippen molar-refractivity contribution in [2.45, 2.75) is 6.42 Å². The maximum atomic E-state index is 13.8. The van der Waals surface area contributed by atoms with E-state index in [0.29, 0.717) is 40.8 Å². The number of benzene rings is 1. The smallest absolute Gasteiger partial charge is 0.222 e. The van der Waals surface area contributed by atoms with Gasteiger partial charge in [-0.2, -0.15) is 4.98 Å². The highest BCUT2D eigenvalue weighted by Gasteiger charge is 2.21. The summed E-state index contributed by atoms with van der Waals surface area (Å²) in [7, 11) is 1.65.